The summed E-state index contributed by atoms with van der Waals surface area (Å²) < 4.78 is 5.20. The van der Waals surface area contributed by atoms with Gasteiger partial charge in [-0.25, -0.2) is 0 Å². The summed E-state index contributed by atoms with van der Waals surface area (Å²) in [6.45, 7) is 4.00. The summed E-state index contributed by atoms with van der Waals surface area (Å²) in [6, 6.07) is 1.88. The molecule has 0 atom stereocenters. The van der Waals surface area contributed by atoms with Crippen LogP contribution in [0.2, 0.25) is 0 Å². The number of hydrogen-bond acceptors (Lipinski definition) is 3. The maximum atomic E-state index is 5.20. The molecule has 0 amide bonds. The van der Waals surface area contributed by atoms with Crippen LogP contribution in [0.25, 0.3) is 0 Å². The smallest absolute Gasteiger partial charge is 0.126 e. The highest BCUT2D eigenvalue weighted by molar-refractivity contribution is 5.29. The van der Waals surface area contributed by atoms with Gasteiger partial charge in [0.05, 0.1) is 7.11 Å². The molecule has 1 aromatic rings. The highest BCUT2D eigenvalue weighted by Crippen LogP contribution is 2.14. The lowest BCUT2D eigenvalue weighted by atomic mass is 10.2. The molecule has 72 valence electrons. The number of hydrogen-bond donors (Lipinski definition) is 1. The Hall–Kier alpha value is -1.09. The van der Waals surface area contributed by atoms with Crippen molar-refractivity contribution in [2.45, 2.75) is 19.9 Å². The molecule has 0 radical (unpaired) electrons. The molecule has 1 aromatic heterocycles. The summed E-state index contributed by atoms with van der Waals surface area (Å²) in [4.78, 5) is 4.05. The van der Waals surface area contributed by atoms with E-state index in [1.165, 1.54) is 0 Å². The number of nitrogens with zero attached hydrogens (tertiary/aromatic N) is 1. The molecule has 0 bridgehead atoms. The van der Waals surface area contributed by atoms with E-state index in [-0.39, 0.29) is 0 Å². The van der Waals surface area contributed by atoms with Gasteiger partial charge in [0.2, 0.25) is 0 Å². The third-order valence-electron chi connectivity index (χ3n) is 1.82. The van der Waals surface area contributed by atoms with Crippen molar-refractivity contribution in [2.24, 2.45) is 0 Å². The second kappa shape index (κ2) is 5.54. The molecular weight excluding hydrogens is 164 g/mol. The number of rotatable bonds is 5. The van der Waals surface area contributed by atoms with Crippen LogP contribution in [-0.4, -0.2) is 18.6 Å². The summed E-state index contributed by atoms with van der Waals surface area (Å²) in [6.07, 6.45) is 4.71. The second-order valence-electron chi connectivity index (χ2n) is 2.86. The maximum absolute atomic E-state index is 5.20. The molecule has 3 nitrogen and oxygen atoms in total. The van der Waals surface area contributed by atoms with E-state index in [1.807, 2.05) is 12.3 Å². The van der Waals surface area contributed by atoms with Gasteiger partial charge in [0.1, 0.15) is 5.75 Å². The first-order chi connectivity index (χ1) is 6.38. The molecule has 1 heterocycles. The van der Waals surface area contributed by atoms with Crippen molar-refractivity contribution in [1.82, 2.24) is 10.3 Å². The van der Waals surface area contributed by atoms with Crippen LogP contribution in [0.4, 0.5) is 0 Å². The third kappa shape index (κ3) is 3.03. The molecule has 0 spiro atoms. The first-order valence-electron chi connectivity index (χ1n) is 4.56. The third-order valence-corrected chi connectivity index (χ3v) is 1.82. The predicted octanol–water partition coefficient (Wildman–Crippen LogP) is 1.59. The average Bonchev–Trinajstić information content (AvgIpc) is 2.19. The van der Waals surface area contributed by atoms with Gasteiger partial charge in [-0.15, -0.1) is 0 Å². The van der Waals surface area contributed by atoms with E-state index in [9.17, 15) is 0 Å². The number of methoxy groups -OCH3 is 1. The first-order valence-corrected chi connectivity index (χ1v) is 4.56. The largest absolute Gasteiger partial charge is 0.496 e. The minimum Gasteiger partial charge on any atom is -0.496 e. The van der Waals surface area contributed by atoms with Crippen LogP contribution in [0, 0.1) is 0 Å². The zero-order valence-corrected chi connectivity index (χ0v) is 8.21. The standard InChI is InChI=1S/C10H16N2O/c1-3-5-11-7-9-8-12-6-4-10(9)13-2/h4,6,8,11H,3,5,7H2,1-2H3. The molecule has 0 aliphatic heterocycles. The maximum Gasteiger partial charge on any atom is 0.126 e. The predicted molar refractivity (Wildman–Crippen MR) is 52.8 cm³/mol. The summed E-state index contributed by atoms with van der Waals surface area (Å²) in [5.74, 6) is 0.901. The van der Waals surface area contributed by atoms with Crippen LogP contribution in [-0.2, 0) is 6.54 Å². The zero-order valence-electron chi connectivity index (χ0n) is 8.21. The monoisotopic (exact) mass is 180 g/mol. The Bertz CT molecular complexity index is 250. The van der Waals surface area contributed by atoms with Crippen molar-refractivity contribution in [3.8, 4) is 5.75 Å². The molecule has 0 unspecified atom stereocenters. The molecule has 0 aliphatic rings. The summed E-state index contributed by atoms with van der Waals surface area (Å²) >= 11 is 0. The lowest BCUT2D eigenvalue weighted by Gasteiger charge is -2.07. The van der Waals surface area contributed by atoms with Crippen molar-refractivity contribution in [1.29, 1.82) is 0 Å². The SMILES string of the molecule is CCCNCc1cnccc1OC. The van der Waals surface area contributed by atoms with Gasteiger partial charge in [-0.1, -0.05) is 6.92 Å². The lowest BCUT2D eigenvalue weighted by Crippen LogP contribution is -2.14. The van der Waals surface area contributed by atoms with E-state index in [0.29, 0.717) is 0 Å². The van der Waals surface area contributed by atoms with Gasteiger partial charge >= 0.3 is 0 Å². The van der Waals surface area contributed by atoms with Crippen LogP contribution in [0.1, 0.15) is 18.9 Å². The Balaban J connectivity index is 2.54. The van der Waals surface area contributed by atoms with Crippen molar-refractivity contribution >= 4 is 0 Å². The number of ether oxygens (including phenoxy) is 1. The molecule has 3 heteroatoms. The van der Waals surface area contributed by atoms with Crippen molar-refractivity contribution in [3.63, 3.8) is 0 Å². The highest BCUT2D eigenvalue weighted by atomic mass is 16.5. The molecule has 0 aromatic carbocycles. The fraction of sp³-hybridized carbons (Fsp3) is 0.500. The first kappa shape index (κ1) is 9.99. The Morgan fingerprint density at radius 3 is 3.08 bits per heavy atom. The molecular formula is C10H16N2O. The van der Waals surface area contributed by atoms with Gasteiger partial charge in [0.25, 0.3) is 0 Å². The van der Waals surface area contributed by atoms with Gasteiger partial charge in [-0.2, -0.15) is 0 Å². The molecule has 0 saturated heterocycles. The van der Waals surface area contributed by atoms with E-state index >= 15 is 0 Å². The van der Waals surface area contributed by atoms with E-state index in [0.717, 1.165) is 30.8 Å². The van der Waals surface area contributed by atoms with Crippen molar-refractivity contribution in [2.75, 3.05) is 13.7 Å². The highest BCUT2D eigenvalue weighted by Gasteiger charge is 2.00. The molecule has 1 N–H and O–H groups in total. The van der Waals surface area contributed by atoms with Crippen LogP contribution in [0.15, 0.2) is 18.5 Å². The molecule has 1 rings (SSSR count). The molecule has 0 aliphatic carbocycles. The number of nitrogens with one attached hydrogen (secondary N) is 1. The Kier molecular flexibility index (Phi) is 4.26. The van der Waals surface area contributed by atoms with Gasteiger partial charge in [0.15, 0.2) is 0 Å². The normalized spacial score (nSPS) is 10.0. The zero-order chi connectivity index (χ0) is 9.52. The molecule has 0 fully saturated rings. The average molecular weight is 180 g/mol. The van der Waals surface area contributed by atoms with E-state index in [1.54, 1.807) is 13.3 Å². The fourth-order valence-electron chi connectivity index (χ4n) is 1.15. The van der Waals surface area contributed by atoms with E-state index in [4.69, 9.17) is 4.74 Å². The molecule has 13 heavy (non-hydrogen) atoms. The van der Waals surface area contributed by atoms with Gasteiger partial charge in [0, 0.05) is 24.5 Å². The quantitative estimate of drug-likeness (QED) is 0.699. The van der Waals surface area contributed by atoms with Crippen LogP contribution >= 0.6 is 0 Å². The van der Waals surface area contributed by atoms with Crippen molar-refractivity contribution in [3.05, 3.63) is 24.0 Å². The van der Waals surface area contributed by atoms with Crippen LogP contribution < -0.4 is 10.1 Å². The minimum atomic E-state index is 0.824. The minimum absolute atomic E-state index is 0.824. The summed E-state index contributed by atoms with van der Waals surface area (Å²) in [5, 5.41) is 3.31. The Morgan fingerprint density at radius 2 is 2.38 bits per heavy atom. The topological polar surface area (TPSA) is 34.2 Å². The van der Waals surface area contributed by atoms with E-state index < -0.39 is 0 Å². The number of aromatic nitrogens is 1. The lowest BCUT2D eigenvalue weighted by molar-refractivity contribution is 0.407. The van der Waals surface area contributed by atoms with Crippen LogP contribution in [0.5, 0.6) is 5.75 Å². The number of pyridine rings is 1. The second-order valence-corrected chi connectivity index (χ2v) is 2.86. The van der Waals surface area contributed by atoms with Crippen molar-refractivity contribution < 1.29 is 4.74 Å². The Morgan fingerprint density at radius 1 is 1.54 bits per heavy atom. The molecule has 0 saturated carbocycles. The van der Waals surface area contributed by atoms with Gasteiger partial charge < -0.3 is 10.1 Å². The summed E-state index contributed by atoms with van der Waals surface area (Å²) in [5.41, 5.74) is 1.11. The Labute approximate surface area is 79.1 Å². The fourth-order valence-corrected chi connectivity index (χ4v) is 1.15. The summed E-state index contributed by atoms with van der Waals surface area (Å²) in [7, 11) is 1.68. The van der Waals surface area contributed by atoms with Crippen LogP contribution in [0.3, 0.4) is 0 Å². The van der Waals surface area contributed by atoms with E-state index in [2.05, 4.69) is 17.2 Å². The van der Waals surface area contributed by atoms with Gasteiger partial charge in [-0.3, -0.25) is 4.98 Å². The van der Waals surface area contributed by atoms with Gasteiger partial charge in [-0.05, 0) is 19.0 Å².